The number of ether oxygens (including phenoxy) is 1. The summed E-state index contributed by atoms with van der Waals surface area (Å²) in [6.07, 6.45) is 4.86. The van der Waals surface area contributed by atoms with Crippen molar-refractivity contribution < 1.29 is 14.3 Å². The number of carbonyl (C=O) groups excluding carboxylic acids is 2. The van der Waals surface area contributed by atoms with Crippen LogP contribution >= 0.6 is 0 Å². The summed E-state index contributed by atoms with van der Waals surface area (Å²) >= 11 is 0. The van der Waals surface area contributed by atoms with Crippen LogP contribution in [-0.4, -0.2) is 55.0 Å². The van der Waals surface area contributed by atoms with Crippen LogP contribution in [0.25, 0.3) is 0 Å². The molecule has 3 aliphatic rings. The molecule has 1 aromatic rings. The number of carbonyl (C=O) groups is 2. The smallest absolute Gasteiger partial charge is 0.270 e. The van der Waals surface area contributed by atoms with Crippen molar-refractivity contribution in [3.8, 4) is 0 Å². The zero-order valence-electron chi connectivity index (χ0n) is 13.4. The lowest BCUT2D eigenvalue weighted by Gasteiger charge is -2.36. The maximum Gasteiger partial charge on any atom is 0.270 e. The number of aromatic amines is 1. The molecule has 0 bridgehead atoms. The lowest BCUT2D eigenvalue weighted by molar-refractivity contribution is -0.138. The highest BCUT2D eigenvalue weighted by Gasteiger charge is 2.54. The Balaban J connectivity index is 1.59. The number of nitrogens with one attached hydrogen (secondary N) is 2. The fraction of sp³-hybridized carbons (Fsp3) is 0.647. The van der Waals surface area contributed by atoms with E-state index in [2.05, 4.69) is 10.3 Å². The van der Waals surface area contributed by atoms with Crippen LogP contribution in [0.5, 0.6) is 0 Å². The number of rotatable bonds is 3. The van der Waals surface area contributed by atoms with Gasteiger partial charge in [0.1, 0.15) is 5.69 Å². The molecular formula is C17H23N3O3. The van der Waals surface area contributed by atoms with Gasteiger partial charge in [-0.25, -0.2) is 0 Å². The number of hydrogen-bond donors (Lipinski definition) is 2. The van der Waals surface area contributed by atoms with Gasteiger partial charge in [-0.1, -0.05) is 0 Å². The summed E-state index contributed by atoms with van der Waals surface area (Å²) < 4.78 is 5.57. The number of hydrogen-bond acceptors (Lipinski definition) is 3. The SMILES string of the molecule is CNC(=O)[C@]12CCOC[C@H]1CN(C(=O)c1[nH]ccc1C1CC1)C2. The Hall–Kier alpha value is -1.82. The summed E-state index contributed by atoms with van der Waals surface area (Å²) in [6.45, 7) is 2.22. The minimum absolute atomic E-state index is 0.0228. The summed E-state index contributed by atoms with van der Waals surface area (Å²) in [4.78, 5) is 30.4. The first-order valence-corrected chi connectivity index (χ1v) is 8.42. The summed E-state index contributed by atoms with van der Waals surface area (Å²) in [6, 6.07) is 2.02. The normalized spacial score (nSPS) is 30.1. The second-order valence-corrected chi connectivity index (χ2v) is 7.03. The average molecular weight is 317 g/mol. The molecule has 0 unspecified atom stereocenters. The Morgan fingerprint density at radius 1 is 1.43 bits per heavy atom. The van der Waals surface area contributed by atoms with Crippen molar-refractivity contribution in [2.75, 3.05) is 33.4 Å². The second kappa shape index (κ2) is 5.37. The van der Waals surface area contributed by atoms with E-state index in [0.717, 1.165) is 18.4 Å². The van der Waals surface area contributed by atoms with Crippen LogP contribution in [0, 0.1) is 11.3 Å². The molecule has 0 aromatic carbocycles. The van der Waals surface area contributed by atoms with Crippen LogP contribution in [0.1, 0.15) is 41.2 Å². The van der Waals surface area contributed by atoms with Gasteiger partial charge in [-0.15, -0.1) is 0 Å². The first kappa shape index (κ1) is 14.8. The van der Waals surface area contributed by atoms with Gasteiger partial charge in [0.25, 0.3) is 5.91 Å². The molecule has 1 aliphatic carbocycles. The standard InChI is InChI=1S/C17H23N3O3/c1-18-16(22)17-5-7-23-9-12(17)8-20(10-17)15(21)14-13(4-6-19-14)11-2-3-11/h4,6,11-12,19H,2-3,5,7-10H2,1H3,(H,18,22)/t12-,17+/m1/s1. The Labute approximate surface area is 135 Å². The van der Waals surface area contributed by atoms with Crippen molar-refractivity contribution in [1.82, 2.24) is 15.2 Å². The molecule has 2 N–H and O–H groups in total. The second-order valence-electron chi connectivity index (χ2n) is 7.03. The van der Waals surface area contributed by atoms with Gasteiger partial charge in [0.2, 0.25) is 5.91 Å². The summed E-state index contributed by atoms with van der Waals surface area (Å²) in [5.74, 6) is 0.672. The highest BCUT2D eigenvalue weighted by atomic mass is 16.5. The van der Waals surface area contributed by atoms with Gasteiger partial charge in [-0.05, 0) is 36.8 Å². The van der Waals surface area contributed by atoms with Gasteiger partial charge in [-0.2, -0.15) is 0 Å². The van der Waals surface area contributed by atoms with Crippen LogP contribution in [0.4, 0.5) is 0 Å². The minimum Gasteiger partial charge on any atom is -0.381 e. The Kier molecular flexibility index (Phi) is 3.44. The number of H-pyrrole nitrogens is 1. The van der Waals surface area contributed by atoms with Gasteiger partial charge in [-0.3, -0.25) is 9.59 Å². The van der Waals surface area contributed by atoms with Gasteiger partial charge < -0.3 is 19.9 Å². The zero-order valence-corrected chi connectivity index (χ0v) is 13.4. The van der Waals surface area contributed by atoms with Crippen LogP contribution in [0.2, 0.25) is 0 Å². The Bertz CT molecular complexity index is 637. The Morgan fingerprint density at radius 2 is 2.26 bits per heavy atom. The monoisotopic (exact) mass is 317 g/mol. The average Bonchev–Trinajstić information content (AvgIpc) is 3.16. The van der Waals surface area contributed by atoms with Crippen molar-refractivity contribution in [1.29, 1.82) is 0 Å². The molecule has 0 spiro atoms. The molecule has 2 aliphatic heterocycles. The van der Waals surface area contributed by atoms with E-state index in [9.17, 15) is 9.59 Å². The molecule has 3 fully saturated rings. The zero-order chi connectivity index (χ0) is 16.0. The van der Waals surface area contributed by atoms with E-state index >= 15 is 0 Å². The molecule has 6 nitrogen and oxygen atoms in total. The number of nitrogens with zero attached hydrogens (tertiary/aromatic N) is 1. The molecule has 1 saturated carbocycles. The number of amides is 2. The van der Waals surface area contributed by atoms with E-state index in [1.165, 1.54) is 0 Å². The van der Waals surface area contributed by atoms with E-state index in [4.69, 9.17) is 4.74 Å². The molecule has 0 radical (unpaired) electrons. The van der Waals surface area contributed by atoms with Gasteiger partial charge in [0.15, 0.2) is 0 Å². The number of likely N-dealkylation sites (tertiary alicyclic amines) is 1. The third-order valence-corrected chi connectivity index (χ3v) is 5.68. The highest BCUT2D eigenvalue weighted by molar-refractivity contribution is 5.95. The molecule has 2 atom stereocenters. The predicted molar refractivity (Wildman–Crippen MR) is 84.1 cm³/mol. The summed E-state index contributed by atoms with van der Waals surface area (Å²) in [7, 11) is 1.67. The van der Waals surface area contributed by atoms with Crippen molar-refractivity contribution in [2.45, 2.75) is 25.2 Å². The molecule has 4 rings (SSSR count). The number of fused-ring (bicyclic) bond motifs is 1. The molecule has 6 heteroatoms. The molecule has 1 aromatic heterocycles. The van der Waals surface area contributed by atoms with Crippen molar-refractivity contribution >= 4 is 11.8 Å². The largest absolute Gasteiger partial charge is 0.381 e. The molecule has 23 heavy (non-hydrogen) atoms. The number of aromatic nitrogens is 1. The molecule has 124 valence electrons. The molecular weight excluding hydrogens is 294 g/mol. The lowest BCUT2D eigenvalue weighted by Crippen LogP contribution is -2.49. The van der Waals surface area contributed by atoms with Crippen molar-refractivity contribution in [2.24, 2.45) is 11.3 Å². The first-order valence-electron chi connectivity index (χ1n) is 8.42. The highest BCUT2D eigenvalue weighted by Crippen LogP contribution is 2.44. The van der Waals surface area contributed by atoms with E-state index in [-0.39, 0.29) is 17.7 Å². The quantitative estimate of drug-likeness (QED) is 0.877. The first-order chi connectivity index (χ1) is 11.2. The topological polar surface area (TPSA) is 74.4 Å². The van der Waals surface area contributed by atoms with Crippen molar-refractivity contribution in [3.05, 3.63) is 23.5 Å². The maximum absolute atomic E-state index is 13.0. The molecule has 2 saturated heterocycles. The van der Waals surface area contributed by atoms with E-state index < -0.39 is 5.41 Å². The fourth-order valence-electron chi connectivity index (χ4n) is 4.18. The van der Waals surface area contributed by atoms with Crippen LogP contribution in [-0.2, 0) is 9.53 Å². The van der Waals surface area contributed by atoms with Crippen molar-refractivity contribution in [3.63, 3.8) is 0 Å². The summed E-state index contributed by atoms with van der Waals surface area (Å²) in [5.41, 5.74) is 1.35. The van der Waals surface area contributed by atoms with Crippen LogP contribution in [0.3, 0.4) is 0 Å². The van der Waals surface area contributed by atoms with E-state index in [0.29, 0.717) is 44.3 Å². The van der Waals surface area contributed by atoms with Gasteiger partial charge >= 0.3 is 0 Å². The Morgan fingerprint density at radius 3 is 3.00 bits per heavy atom. The minimum atomic E-state index is -0.491. The van der Waals surface area contributed by atoms with E-state index in [1.807, 2.05) is 17.2 Å². The van der Waals surface area contributed by atoms with E-state index in [1.54, 1.807) is 7.05 Å². The maximum atomic E-state index is 13.0. The fourth-order valence-corrected chi connectivity index (χ4v) is 4.18. The molecule has 3 heterocycles. The van der Waals surface area contributed by atoms with Crippen LogP contribution in [0.15, 0.2) is 12.3 Å². The summed E-state index contributed by atoms with van der Waals surface area (Å²) in [5, 5.41) is 2.79. The van der Waals surface area contributed by atoms with Crippen LogP contribution < -0.4 is 5.32 Å². The van der Waals surface area contributed by atoms with Gasteiger partial charge in [0, 0.05) is 38.9 Å². The molecule has 2 amide bonds. The third kappa shape index (κ3) is 2.27. The van der Waals surface area contributed by atoms with Gasteiger partial charge in [0.05, 0.1) is 12.0 Å². The third-order valence-electron chi connectivity index (χ3n) is 5.68. The lowest BCUT2D eigenvalue weighted by atomic mass is 9.73. The predicted octanol–water partition coefficient (Wildman–Crippen LogP) is 1.12.